The van der Waals surface area contributed by atoms with Crippen LogP contribution in [0.3, 0.4) is 0 Å². The van der Waals surface area contributed by atoms with Crippen molar-refractivity contribution in [1.29, 1.82) is 5.26 Å². The van der Waals surface area contributed by atoms with Crippen molar-refractivity contribution in [3.05, 3.63) is 65.1 Å². The second kappa shape index (κ2) is 12.4. The van der Waals surface area contributed by atoms with Gasteiger partial charge < -0.3 is 9.64 Å². The highest BCUT2D eigenvalue weighted by Gasteiger charge is 2.37. The number of nitrogens with zero attached hydrogens (tertiary/aromatic N) is 3. The lowest BCUT2D eigenvalue weighted by Crippen LogP contribution is -2.42. The fraction of sp³-hybridized carbons (Fsp3) is 0.308. The van der Waals surface area contributed by atoms with Gasteiger partial charge in [-0.3, -0.25) is 19.3 Å². The van der Waals surface area contributed by atoms with Crippen molar-refractivity contribution >= 4 is 80.1 Å². The Morgan fingerprint density at radius 2 is 1.83 bits per heavy atom. The summed E-state index contributed by atoms with van der Waals surface area (Å²) < 4.78 is 7.91. The van der Waals surface area contributed by atoms with E-state index in [-0.39, 0.29) is 24.0 Å². The number of hydrogen-bond acceptors (Lipinski definition) is 6. The molecule has 2 aliphatic heterocycles. The van der Waals surface area contributed by atoms with Crippen LogP contribution in [-0.4, -0.2) is 46.5 Å². The van der Waals surface area contributed by atoms with Crippen molar-refractivity contribution in [1.82, 2.24) is 9.80 Å². The molecule has 2 fully saturated rings. The molecular weight excluding hydrogens is 704 g/mol. The Hall–Kier alpha value is -2.11. The molecule has 2 aromatic rings. The standard InChI is InChI=1S/C26H23I2N3O4S/c27-20-11-19(24(21(28)13-20)35-16-18-8-4-3-7-17(18)14-29)12-22-25(33)31(26(34)36-22)15-23(32)30-9-5-1-2-6-10-30/h3-4,7-8,11-13H,1-2,5-6,9-10,15-16H2. The highest BCUT2D eigenvalue weighted by molar-refractivity contribution is 14.1. The second-order valence-corrected chi connectivity index (χ2v) is 11.8. The van der Waals surface area contributed by atoms with E-state index in [2.05, 4.69) is 51.3 Å². The molecule has 2 heterocycles. The molecule has 0 atom stereocenters. The SMILES string of the molecule is N#Cc1ccccc1COc1c(I)cc(I)cc1C=C1SC(=O)N(CC(=O)N2CCCCCC2)C1=O. The van der Waals surface area contributed by atoms with E-state index in [0.717, 1.165) is 55.0 Å². The van der Waals surface area contributed by atoms with Crippen LogP contribution in [0.2, 0.25) is 0 Å². The van der Waals surface area contributed by atoms with Crippen LogP contribution in [0, 0.1) is 18.5 Å². The molecule has 0 radical (unpaired) electrons. The molecule has 3 amide bonds. The number of likely N-dealkylation sites (tertiary alicyclic amines) is 1. The Bertz CT molecular complexity index is 1270. The van der Waals surface area contributed by atoms with E-state index in [9.17, 15) is 19.6 Å². The summed E-state index contributed by atoms with van der Waals surface area (Å²) in [5.41, 5.74) is 1.95. The zero-order valence-electron chi connectivity index (χ0n) is 19.3. The monoisotopic (exact) mass is 727 g/mol. The second-order valence-electron chi connectivity index (χ2n) is 8.43. The van der Waals surface area contributed by atoms with Gasteiger partial charge in [-0.15, -0.1) is 0 Å². The summed E-state index contributed by atoms with van der Waals surface area (Å²) in [6, 6.07) is 13.2. The van der Waals surface area contributed by atoms with E-state index in [0.29, 0.717) is 30.0 Å². The molecule has 186 valence electrons. The average molecular weight is 727 g/mol. The fourth-order valence-corrected chi connectivity index (χ4v) is 6.95. The Labute approximate surface area is 241 Å². The number of thioether (sulfide) groups is 1. The summed E-state index contributed by atoms with van der Waals surface area (Å²) in [4.78, 5) is 41.6. The number of benzene rings is 2. The molecule has 2 aromatic carbocycles. The predicted molar refractivity (Wildman–Crippen MR) is 155 cm³/mol. The zero-order chi connectivity index (χ0) is 25.7. The number of amides is 3. The maximum Gasteiger partial charge on any atom is 0.294 e. The third kappa shape index (κ3) is 6.41. The van der Waals surface area contributed by atoms with Crippen LogP contribution < -0.4 is 4.74 Å². The van der Waals surface area contributed by atoms with E-state index < -0.39 is 11.1 Å². The summed E-state index contributed by atoms with van der Waals surface area (Å²) in [5.74, 6) is -0.0940. The van der Waals surface area contributed by atoms with Gasteiger partial charge in [-0.1, -0.05) is 31.0 Å². The van der Waals surface area contributed by atoms with Crippen LogP contribution in [0.25, 0.3) is 6.08 Å². The number of hydrogen-bond donors (Lipinski definition) is 0. The molecule has 36 heavy (non-hydrogen) atoms. The number of rotatable bonds is 6. The van der Waals surface area contributed by atoms with E-state index in [1.165, 1.54) is 0 Å². The lowest BCUT2D eigenvalue weighted by Gasteiger charge is -2.22. The topological polar surface area (TPSA) is 90.7 Å². The number of ether oxygens (including phenoxy) is 1. The van der Waals surface area contributed by atoms with Crippen LogP contribution >= 0.6 is 56.9 Å². The Morgan fingerprint density at radius 3 is 2.56 bits per heavy atom. The van der Waals surface area contributed by atoms with Gasteiger partial charge >= 0.3 is 0 Å². The molecule has 10 heteroatoms. The number of nitriles is 1. The molecule has 0 saturated carbocycles. The summed E-state index contributed by atoms with van der Waals surface area (Å²) in [6.45, 7) is 1.29. The predicted octanol–water partition coefficient (Wildman–Crippen LogP) is 5.79. The highest BCUT2D eigenvalue weighted by Crippen LogP contribution is 2.36. The first kappa shape index (κ1) is 26.9. The van der Waals surface area contributed by atoms with Gasteiger partial charge in [0, 0.05) is 27.8 Å². The number of imide groups is 1. The van der Waals surface area contributed by atoms with Gasteiger partial charge in [0.15, 0.2) is 0 Å². The summed E-state index contributed by atoms with van der Waals surface area (Å²) in [7, 11) is 0. The summed E-state index contributed by atoms with van der Waals surface area (Å²) in [5, 5.41) is 8.92. The van der Waals surface area contributed by atoms with Crippen LogP contribution in [0.4, 0.5) is 4.79 Å². The van der Waals surface area contributed by atoms with Crippen molar-refractivity contribution in [2.45, 2.75) is 32.3 Å². The molecule has 2 aliphatic rings. The van der Waals surface area contributed by atoms with Crippen molar-refractivity contribution in [2.24, 2.45) is 0 Å². The molecular formula is C26H23I2N3O4S. The van der Waals surface area contributed by atoms with E-state index in [1.807, 2.05) is 24.3 Å². The molecule has 7 nitrogen and oxygen atoms in total. The van der Waals surface area contributed by atoms with Gasteiger partial charge in [0.2, 0.25) is 5.91 Å². The molecule has 0 N–H and O–H groups in total. The van der Waals surface area contributed by atoms with Gasteiger partial charge in [0.1, 0.15) is 18.9 Å². The minimum atomic E-state index is -0.470. The fourth-order valence-electron chi connectivity index (χ4n) is 4.08. The van der Waals surface area contributed by atoms with E-state index in [1.54, 1.807) is 23.1 Å². The van der Waals surface area contributed by atoms with Gasteiger partial charge in [0.05, 0.1) is 20.1 Å². The van der Waals surface area contributed by atoms with Gasteiger partial charge in [-0.05, 0) is 94.1 Å². The van der Waals surface area contributed by atoms with Crippen LogP contribution in [0.1, 0.15) is 42.4 Å². The maximum atomic E-state index is 13.1. The van der Waals surface area contributed by atoms with Crippen molar-refractivity contribution in [2.75, 3.05) is 19.6 Å². The van der Waals surface area contributed by atoms with Gasteiger partial charge in [-0.25, -0.2) is 0 Å². The zero-order valence-corrected chi connectivity index (χ0v) is 24.5. The van der Waals surface area contributed by atoms with Gasteiger partial charge in [0.25, 0.3) is 11.1 Å². The molecule has 4 rings (SSSR count). The minimum Gasteiger partial charge on any atom is -0.487 e. The Kier molecular flexibility index (Phi) is 9.30. The van der Waals surface area contributed by atoms with Crippen molar-refractivity contribution in [3.63, 3.8) is 0 Å². The van der Waals surface area contributed by atoms with E-state index >= 15 is 0 Å². The van der Waals surface area contributed by atoms with Crippen molar-refractivity contribution in [3.8, 4) is 11.8 Å². The maximum absolute atomic E-state index is 13.1. The van der Waals surface area contributed by atoms with Crippen LogP contribution in [0.15, 0.2) is 41.3 Å². The largest absolute Gasteiger partial charge is 0.487 e. The molecule has 0 unspecified atom stereocenters. The molecule has 0 bridgehead atoms. The summed E-state index contributed by atoms with van der Waals surface area (Å²) >= 11 is 5.20. The first-order chi connectivity index (χ1) is 17.4. The third-order valence-electron chi connectivity index (χ3n) is 5.96. The summed E-state index contributed by atoms with van der Waals surface area (Å²) in [6.07, 6.45) is 5.72. The Balaban J connectivity index is 1.54. The lowest BCUT2D eigenvalue weighted by molar-refractivity contribution is -0.135. The number of halogens is 2. The molecule has 0 aromatic heterocycles. The highest BCUT2D eigenvalue weighted by atomic mass is 127. The molecule has 2 saturated heterocycles. The lowest BCUT2D eigenvalue weighted by atomic mass is 10.1. The normalized spacial score (nSPS) is 17.3. The van der Waals surface area contributed by atoms with Crippen LogP contribution in [-0.2, 0) is 16.2 Å². The number of carbonyl (C=O) groups is 3. The number of carbonyl (C=O) groups excluding carboxylic acids is 3. The third-order valence-corrected chi connectivity index (χ3v) is 8.29. The van der Waals surface area contributed by atoms with Crippen LogP contribution in [0.5, 0.6) is 5.75 Å². The Morgan fingerprint density at radius 1 is 1.11 bits per heavy atom. The first-order valence-electron chi connectivity index (χ1n) is 11.5. The van der Waals surface area contributed by atoms with Gasteiger partial charge in [-0.2, -0.15) is 5.26 Å². The van der Waals surface area contributed by atoms with E-state index in [4.69, 9.17) is 4.74 Å². The quantitative estimate of drug-likeness (QED) is 0.277. The first-order valence-corrected chi connectivity index (χ1v) is 14.5. The van der Waals surface area contributed by atoms with Crippen molar-refractivity contribution < 1.29 is 19.1 Å². The molecule has 0 spiro atoms. The average Bonchev–Trinajstić information content (AvgIpc) is 3.04. The molecule has 0 aliphatic carbocycles. The smallest absolute Gasteiger partial charge is 0.294 e. The minimum absolute atomic E-state index is 0.187.